The van der Waals surface area contributed by atoms with Crippen LogP contribution in [0.2, 0.25) is 0 Å². The van der Waals surface area contributed by atoms with E-state index >= 15 is 0 Å². The molecule has 1 unspecified atom stereocenters. The number of carbonyl (C=O) groups excluding carboxylic acids is 1. The number of rotatable bonds is 5. The van der Waals surface area contributed by atoms with Crippen molar-refractivity contribution in [1.29, 1.82) is 0 Å². The zero-order chi connectivity index (χ0) is 17.8. The molecular formula is C18H24N4O3. The molecule has 134 valence electrons. The topological polar surface area (TPSA) is 70.8 Å². The number of nitrogens with zero attached hydrogens (tertiary/aromatic N) is 4. The highest BCUT2D eigenvalue weighted by atomic mass is 16.5. The number of ether oxygens (including phenoxy) is 1. The predicted octanol–water partition coefficient (Wildman–Crippen LogP) is 1.02. The molecule has 1 fully saturated rings. The van der Waals surface area contributed by atoms with Gasteiger partial charge in [0, 0.05) is 38.5 Å². The molecule has 2 aromatic rings. The number of aromatic nitrogens is 2. The van der Waals surface area contributed by atoms with E-state index in [2.05, 4.69) is 10.00 Å². The Labute approximate surface area is 147 Å². The lowest BCUT2D eigenvalue weighted by atomic mass is 10.1. The first-order chi connectivity index (χ1) is 12.1. The van der Waals surface area contributed by atoms with Crippen LogP contribution in [0.5, 0.6) is 5.75 Å². The lowest BCUT2D eigenvalue weighted by Gasteiger charge is -2.39. The molecule has 2 heterocycles. The molecule has 7 nitrogen and oxygen atoms in total. The fourth-order valence-electron chi connectivity index (χ4n) is 3.16. The lowest BCUT2D eigenvalue weighted by molar-refractivity contribution is 0.0500. The summed E-state index contributed by atoms with van der Waals surface area (Å²) in [7, 11) is 3.64. The summed E-state index contributed by atoms with van der Waals surface area (Å²) in [5.41, 5.74) is 1.35. The number of piperazine rings is 1. The molecule has 3 rings (SSSR count). The molecule has 1 aliphatic heterocycles. The van der Waals surface area contributed by atoms with Crippen LogP contribution in [0, 0.1) is 0 Å². The first kappa shape index (κ1) is 17.4. The van der Waals surface area contributed by atoms with E-state index in [9.17, 15) is 9.90 Å². The third-order valence-corrected chi connectivity index (χ3v) is 4.69. The van der Waals surface area contributed by atoms with Crippen molar-refractivity contribution in [3.8, 4) is 11.4 Å². The van der Waals surface area contributed by atoms with Crippen LogP contribution >= 0.6 is 0 Å². The summed E-state index contributed by atoms with van der Waals surface area (Å²) in [6.07, 6.45) is 3.99. The Morgan fingerprint density at radius 1 is 1.36 bits per heavy atom. The van der Waals surface area contributed by atoms with Crippen LogP contribution in [-0.4, -0.2) is 77.0 Å². The first-order valence-corrected chi connectivity index (χ1v) is 8.42. The van der Waals surface area contributed by atoms with E-state index in [1.165, 1.54) is 0 Å². The van der Waals surface area contributed by atoms with E-state index in [4.69, 9.17) is 4.74 Å². The highest BCUT2D eigenvalue weighted by Gasteiger charge is 2.28. The molecule has 0 radical (unpaired) electrons. The zero-order valence-electron chi connectivity index (χ0n) is 14.6. The average molecular weight is 344 g/mol. The summed E-state index contributed by atoms with van der Waals surface area (Å²) < 4.78 is 7.01. The van der Waals surface area contributed by atoms with Crippen molar-refractivity contribution in [1.82, 2.24) is 19.6 Å². The SMILES string of the molecule is COc1ccccc1-n1cc(C(=O)N2CCN(C)C(CCO)C2)cn1. The summed E-state index contributed by atoms with van der Waals surface area (Å²) in [5.74, 6) is 0.671. The summed E-state index contributed by atoms with van der Waals surface area (Å²) >= 11 is 0. The van der Waals surface area contributed by atoms with Crippen LogP contribution in [0.15, 0.2) is 36.7 Å². The summed E-state index contributed by atoms with van der Waals surface area (Å²) in [5, 5.41) is 13.5. The smallest absolute Gasteiger partial charge is 0.257 e. The molecule has 1 aromatic carbocycles. The first-order valence-electron chi connectivity index (χ1n) is 8.42. The summed E-state index contributed by atoms with van der Waals surface area (Å²) in [6, 6.07) is 7.74. The van der Waals surface area contributed by atoms with Gasteiger partial charge in [0.25, 0.3) is 5.91 Å². The molecule has 0 spiro atoms. The molecule has 0 bridgehead atoms. The monoisotopic (exact) mass is 344 g/mol. The Hall–Kier alpha value is -2.38. The Morgan fingerprint density at radius 2 is 2.16 bits per heavy atom. The van der Waals surface area contributed by atoms with Crippen molar-refractivity contribution in [2.45, 2.75) is 12.5 Å². The van der Waals surface area contributed by atoms with Crippen LogP contribution < -0.4 is 4.74 Å². The third-order valence-electron chi connectivity index (χ3n) is 4.69. The molecule has 1 saturated heterocycles. The van der Waals surface area contributed by atoms with E-state index < -0.39 is 0 Å². The van der Waals surface area contributed by atoms with Gasteiger partial charge in [0.05, 0.1) is 18.9 Å². The van der Waals surface area contributed by atoms with E-state index in [0.717, 1.165) is 12.2 Å². The normalized spacial score (nSPS) is 18.4. The molecule has 0 saturated carbocycles. The maximum absolute atomic E-state index is 12.8. The second kappa shape index (κ2) is 7.67. The number of hydrogen-bond donors (Lipinski definition) is 1. The van der Waals surface area contributed by atoms with Crippen LogP contribution in [0.3, 0.4) is 0 Å². The minimum Gasteiger partial charge on any atom is -0.494 e. The molecule has 1 atom stereocenters. The second-order valence-electron chi connectivity index (χ2n) is 6.24. The number of carbonyl (C=O) groups is 1. The van der Waals surface area contributed by atoms with E-state index in [1.54, 1.807) is 24.2 Å². The quantitative estimate of drug-likeness (QED) is 0.877. The molecule has 7 heteroatoms. The fraction of sp³-hybridized carbons (Fsp3) is 0.444. The molecule has 0 aliphatic carbocycles. The third kappa shape index (κ3) is 3.67. The Kier molecular flexibility index (Phi) is 5.35. The predicted molar refractivity (Wildman–Crippen MR) is 94.1 cm³/mol. The van der Waals surface area contributed by atoms with Gasteiger partial charge in [0.2, 0.25) is 0 Å². The maximum atomic E-state index is 12.8. The molecule has 1 aliphatic rings. The summed E-state index contributed by atoms with van der Waals surface area (Å²) in [6.45, 7) is 2.23. The largest absolute Gasteiger partial charge is 0.494 e. The Morgan fingerprint density at radius 3 is 2.92 bits per heavy atom. The minimum atomic E-state index is -0.0304. The van der Waals surface area contributed by atoms with Gasteiger partial charge in [0.1, 0.15) is 11.4 Å². The number of methoxy groups -OCH3 is 1. The molecule has 1 N–H and O–H groups in total. The number of benzene rings is 1. The van der Waals surface area contributed by atoms with E-state index in [1.807, 2.05) is 36.2 Å². The van der Waals surface area contributed by atoms with Crippen molar-refractivity contribution in [3.63, 3.8) is 0 Å². The van der Waals surface area contributed by atoms with Gasteiger partial charge < -0.3 is 14.7 Å². The van der Waals surface area contributed by atoms with Crippen molar-refractivity contribution in [3.05, 3.63) is 42.2 Å². The minimum absolute atomic E-state index is 0.0304. The molecule has 1 amide bonds. The Balaban J connectivity index is 1.77. The molecule has 1 aromatic heterocycles. The van der Waals surface area contributed by atoms with Crippen LogP contribution in [0.25, 0.3) is 5.69 Å². The van der Waals surface area contributed by atoms with Crippen molar-refractivity contribution in [2.75, 3.05) is 40.4 Å². The lowest BCUT2D eigenvalue weighted by Crippen LogP contribution is -2.53. The van der Waals surface area contributed by atoms with Gasteiger partial charge in [-0.2, -0.15) is 5.10 Å². The van der Waals surface area contributed by atoms with Gasteiger partial charge in [-0.1, -0.05) is 12.1 Å². The zero-order valence-corrected chi connectivity index (χ0v) is 14.6. The summed E-state index contributed by atoms with van der Waals surface area (Å²) in [4.78, 5) is 16.8. The van der Waals surface area contributed by atoms with Gasteiger partial charge in [-0.3, -0.25) is 9.69 Å². The van der Waals surface area contributed by atoms with Crippen LogP contribution in [0.1, 0.15) is 16.8 Å². The van der Waals surface area contributed by atoms with Gasteiger partial charge in [-0.25, -0.2) is 4.68 Å². The van der Waals surface area contributed by atoms with Crippen molar-refractivity contribution in [2.24, 2.45) is 0 Å². The van der Waals surface area contributed by atoms with E-state index in [-0.39, 0.29) is 18.6 Å². The molecular weight excluding hydrogens is 320 g/mol. The Bertz CT molecular complexity index is 731. The van der Waals surface area contributed by atoms with Gasteiger partial charge in [-0.05, 0) is 25.6 Å². The fourth-order valence-corrected chi connectivity index (χ4v) is 3.16. The highest BCUT2D eigenvalue weighted by molar-refractivity contribution is 5.94. The number of hydrogen-bond acceptors (Lipinski definition) is 5. The van der Waals surface area contributed by atoms with Crippen molar-refractivity contribution >= 4 is 5.91 Å². The van der Waals surface area contributed by atoms with Crippen LogP contribution in [0.4, 0.5) is 0 Å². The second-order valence-corrected chi connectivity index (χ2v) is 6.24. The van der Waals surface area contributed by atoms with E-state index in [0.29, 0.717) is 30.8 Å². The average Bonchev–Trinajstić information content (AvgIpc) is 3.13. The number of aliphatic hydroxyl groups excluding tert-OH is 1. The number of para-hydroxylation sites is 2. The van der Waals surface area contributed by atoms with Gasteiger partial charge in [0.15, 0.2) is 0 Å². The van der Waals surface area contributed by atoms with Gasteiger partial charge in [-0.15, -0.1) is 0 Å². The van der Waals surface area contributed by atoms with Crippen LogP contribution in [-0.2, 0) is 0 Å². The number of amides is 1. The number of likely N-dealkylation sites (N-methyl/N-ethyl adjacent to an activating group) is 1. The highest BCUT2D eigenvalue weighted by Crippen LogP contribution is 2.22. The maximum Gasteiger partial charge on any atom is 0.257 e. The van der Waals surface area contributed by atoms with Gasteiger partial charge >= 0.3 is 0 Å². The number of aliphatic hydroxyl groups is 1. The van der Waals surface area contributed by atoms with Crippen molar-refractivity contribution < 1.29 is 14.6 Å². The standard InChI is InChI=1S/C18H24N4O3/c1-20-8-9-21(13-15(20)7-10-23)18(24)14-11-19-22(12-14)16-5-3-4-6-17(16)25-2/h3-6,11-12,15,23H,7-10,13H2,1-2H3. The molecule has 25 heavy (non-hydrogen) atoms.